The Kier molecular flexibility index (Phi) is 5.79. The third-order valence-corrected chi connectivity index (χ3v) is 3.00. The number of nitrogens with one attached hydrogen (secondary N) is 1. The maximum Gasteiger partial charge on any atom is 0.326 e. The number of carbonyl (C=O) groups is 2. The predicted molar refractivity (Wildman–Crippen MR) is 74.5 cm³/mol. The largest absolute Gasteiger partial charge is 0.480 e. The van der Waals surface area contributed by atoms with Gasteiger partial charge in [-0.3, -0.25) is 4.79 Å². The van der Waals surface area contributed by atoms with Crippen molar-refractivity contribution in [3.8, 4) is 0 Å². The van der Waals surface area contributed by atoms with Crippen molar-refractivity contribution in [1.82, 2.24) is 5.32 Å². The van der Waals surface area contributed by atoms with E-state index in [1.807, 2.05) is 37.3 Å². The number of amides is 1. The van der Waals surface area contributed by atoms with E-state index in [1.54, 1.807) is 13.0 Å². The van der Waals surface area contributed by atoms with Crippen molar-refractivity contribution in [2.24, 2.45) is 5.92 Å². The lowest BCUT2D eigenvalue weighted by atomic mass is 9.99. The predicted octanol–water partition coefficient (Wildman–Crippen LogP) is 2.32. The third kappa shape index (κ3) is 4.95. The van der Waals surface area contributed by atoms with Gasteiger partial charge >= 0.3 is 5.97 Å². The first-order chi connectivity index (χ1) is 9.04. The topological polar surface area (TPSA) is 66.4 Å². The van der Waals surface area contributed by atoms with Crippen molar-refractivity contribution in [3.05, 3.63) is 42.0 Å². The summed E-state index contributed by atoms with van der Waals surface area (Å²) in [5.41, 5.74) is 0.896. The fourth-order valence-corrected chi connectivity index (χ4v) is 1.62. The van der Waals surface area contributed by atoms with Crippen LogP contribution >= 0.6 is 0 Å². The van der Waals surface area contributed by atoms with Crippen molar-refractivity contribution in [2.45, 2.75) is 26.3 Å². The van der Waals surface area contributed by atoms with Crippen LogP contribution < -0.4 is 5.32 Å². The first-order valence-electron chi connectivity index (χ1n) is 6.31. The summed E-state index contributed by atoms with van der Waals surface area (Å²) in [6, 6.07) is 8.52. The van der Waals surface area contributed by atoms with Crippen molar-refractivity contribution >= 4 is 18.0 Å². The van der Waals surface area contributed by atoms with Crippen LogP contribution in [0.25, 0.3) is 6.08 Å². The Bertz CT molecular complexity index is 454. The first-order valence-corrected chi connectivity index (χ1v) is 6.31. The van der Waals surface area contributed by atoms with Crippen molar-refractivity contribution in [3.63, 3.8) is 0 Å². The zero-order valence-corrected chi connectivity index (χ0v) is 11.2. The van der Waals surface area contributed by atoms with E-state index in [0.717, 1.165) is 5.56 Å². The minimum Gasteiger partial charge on any atom is -0.480 e. The van der Waals surface area contributed by atoms with Crippen LogP contribution in [0.15, 0.2) is 36.4 Å². The van der Waals surface area contributed by atoms with Crippen molar-refractivity contribution in [2.75, 3.05) is 0 Å². The highest BCUT2D eigenvalue weighted by atomic mass is 16.4. The highest BCUT2D eigenvalue weighted by molar-refractivity contribution is 5.94. The summed E-state index contributed by atoms with van der Waals surface area (Å²) in [5, 5.41) is 11.6. The number of carboxylic acids is 1. The number of hydrogen-bond donors (Lipinski definition) is 2. The molecular formula is C15H19NO3. The molecule has 0 bridgehead atoms. The summed E-state index contributed by atoms with van der Waals surface area (Å²) in [6.45, 7) is 3.70. The fraction of sp³-hybridized carbons (Fsp3) is 0.333. The highest BCUT2D eigenvalue weighted by Crippen LogP contribution is 2.08. The van der Waals surface area contributed by atoms with Gasteiger partial charge in [0, 0.05) is 6.08 Å². The highest BCUT2D eigenvalue weighted by Gasteiger charge is 2.24. The number of benzene rings is 1. The molecule has 0 saturated heterocycles. The number of hydrogen-bond acceptors (Lipinski definition) is 2. The lowest BCUT2D eigenvalue weighted by molar-refractivity contribution is -0.142. The van der Waals surface area contributed by atoms with Gasteiger partial charge in [0.05, 0.1) is 0 Å². The Hall–Kier alpha value is -2.10. The third-order valence-electron chi connectivity index (χ3n) is 3.00. The Balaban J connectivity index is 2.63. The SMILES string of the molecule is CC[C@H](C)[C@H](NC(=O)/C=C/c1ccccc1)C(=O)O. The number of carbonyl (C=O) groups excluding carboxylic acids is 1. The second-order valence-electron chi connectivity index (χ2n) is 4.45. The maximum absolute atomic E-state index is 11.7. The quantitative estimate of drug-likeness (QED) is 0.772. The van der Waals surface area contributed by atoms with Gasteiger partial charge in [-0.05, 0) is 17.6 Å². The molecule has 1 rings (SSSR count). The van der Waals surface area contributed by atoms with Crippen LogP contribution in [-0.4, -0.2) is 23.0 Å². The van der Waals surface area contributed by atoms with Gasteiger partial charge in [0.2, 0.25) is 5.91 Å². The average Bonchev–Trinajstić information content (AvgIpc) is 2.42. The van der Waals surface area contributed by atoms with Gasteiger partial charge < -0.3 is 10.4 Å². The Morgan fingerprint density at radius 1 is 1.32 bits per heavy atom. The van der Waals surface area contributed by atoms with Crippen LogP contribution in [0.3, 0.4) is 0 Å². The maximum atomic E-state index is 11.7. The summed E-state index contributed by atoms with van der Waals surface area (Å²) in [5.74, 6) is -1.50. The number of aliphatic carboxylic acids is 1. The van der Waals surface area contributed by atoms with Crippen LogP contribution in [0.4, 0.5) is 0 Å². The van der Waals surface area contributed by atoms with Gasteiger partial charge in [-0.15, -0.1) is 0 Å². The number of carboxylic acid groups (broad SMARTS) is 1. The molecule has 4 nitrogen and oxygen atoms in total. The molecule has 102 valence electrons. The van der Waals surface area contributed by atoms with Crippen LogP contribution in [-0.2, 0) is 9.59 Å². The lowest BCUT2D eigenvalue weighted by Crippen LogP contribution is -2.44. The average molecular weight is 261 g/mol. The Morgan fingerprint density at radius 2 is 1.95 bits per heavy atom. The van der Waals surface area contributed by atoms with Gasteiger partial charge in [-0.1, -0.05) is 50.6 Å². The summed E-state index contributed by atoms with van der Waals surface area (Å²) < 4.78 is 0. The van der Waals surface area contributed by atoms with Gasteiger partial charge in [0.25, 0.3) is 0 Å². The van der Waals surface area contributed by atoms with Crippen LogP contribution in [0.1, 0.15) is 25.8 Å². The van der Waals surface area contributed by atoms with Gasteiger partial charge in [-0.25, -0.2) is 4.79 Å². The van der Waals surface area contributed by atoms with E-state index in [9.17, 15) is 9.59 Å². The minimum absolute atomic E-state index is 0.105. The first kappa shape index (κ1) is 15.0. The van der Waals surface area contributed by atoms with Gasteiger partial charge in [0.15, 0.2) is 0 Å². The number of rotatable bonds is 6. The van der Waals surface area contributed by atoms with E-state index in [1.165, 1.54) is 6.08 Å². The lowest BCUT2D eigenvalue weighted by Gasteiger charge is -2.19. The molecule has 0 radical (unpaired) electrons. The molecule has 0 aliphatic carbocycles. The molecular weight excluding hydrogens is 242 g/mol. The Morgan fingerprint density at radius 3 is 2.47 bits per heavy atom. The van der Waals surface area contributed by atoms with Crippen LogP contribution in [0.2, 0.25) is 0 Å². The van der Waals surface area contributed by atoms with E-state index >= 15 is 0 Å². The summed E-state index contributed by atoms with van der Waals surface area (Å²) in [6.07, 6.45) is 3.71. The Labute approximate surface area is 113 Å². The van der Waals surface area contributed by atoms with E-state index in [0.29, 0.717) is 6.42 Å². The second kappa shape index (κ2) is 7.36. The van der Waals surface area contributed by atoms with Crippen molar-refractivity contribution in [1.29, 1.82) is 0 Å². The van der Waals surface area contributed by atoms with Crippen LogP contribution in [0, 0.1) is 5.92 Å². The van der Waals surface area contributed by atoms with Gasteiger partial charge in [-0.2, -0.15) is 0 Å². The summed E-state index contributed by atoms with van der Waals surface area (Å²) >= 11 is 0. The second-order valence-corrected chi connectivity index (χ2v) is 4.45. The van der Waals surface area contributed by atoms with Gasteiger partial charge in [0.1, 0.15) is 6.04 Å². The summed E-state index contributed by atoms with van der Waals surface area (Å²) in [4.78, 5) is 22.8. The molecule has 0 unspecified atom stereocenters. The minimum atomic E-state index is -1.00. The standard InChI is InChI=1S/C15H19NO3/c1-3-11(2)14(15(18)19)16-13(17)10-9-12-7-5-4-6-8-12/h4-11,14H,3H2,1-2H3,(H,16,17)(H,18,19)/b10-9+/t11-,14-/m0/s1. The molecule has 0 aliphatic rings. The molecule has 0 heterocycles. The molecule has 0 saturated carbocycles. The van der Waals surface area contributed by atoms with E-state index in [2.05, 4.69) is 5.32 Å². The van der Waals surface area contributed by atoms with E-state index < -0.39 is 17.9 Å². The molecule has 0 spiro atoms. The zero-order chi connectivity index (χ0) is 14.3. The molecule has 0 fully saturated rings. The van der Waals surface area contributed by atoms with E-state index in [4.69, 9.17) is 5.11 Å². The molecule has 4 heteroatoms. The molecule has 1 aromatic rings. The fourth-order valence-electron chi connectivity index (χ4n) is 1.62. The molecule has 2 N–H and O–H groups in total. The van der Waals surface area contributed by atoms with Crippen molar-refractivity contribution < 1.29 is 14.7 Å². The normalized spacial score (nSPS) is 14.0. The molecule has 19 heavy (non-hydrogen) atoms. The zero-order valence-electron chi connectivity index (χ0n) is 11.2. The van der Waals surface area contributed by atoms with Crippen LogP contribution in [0.5, 0.6) is 0 Å². The monoisotopic (exact) mass is 261 g/mol. The summed E-state index contributed by atoms with van der Waals surface area (Å²) in [7, 11) is 0. The molecule has 2 atom stereocenters. The smallest absolute Gasteiger partial charge is 0.326 e. The molecule has 1 amide bonds. The molecule has 0 aromatic heterocycles. The molecule has 1 aromatic carbocycles. The molecule has 0 aliphatic heterocycles. The van der Waals surface area contributed by atoms with E-state index in [-0.39, 0.29) is 5.92 Å².